The zero-order valence-electron chi connectivity index (χ0n) is 16.1. The molecule has 1 aromatic heterocycles. The van der Waals surface area contributed by atoms with Crippen molar-refractivity contribution in [2.24, 2.45) is 0 Å². The third-order valence-electron chi connectivity index (χ3n) is 4.07. The van der Waals surface area contributed by atoms with Gasteiger partial charge in [-0.2, -0.15) is 0 Å². The van der Waals surface area contributed by atoms with Crippen LogP contribution in [0.2, 0.25) is 5.02 Å². The van der Waals surface area contributed by atoms with E-state index in [1.54, 1.807) is 42.6 Å². The summed E-state index contributed by atoms with van der Waals surface area (Å²) in [4.78, 5) is 16.0. The average Bonchev–Trinajstić information content (AvgIpc) is 2.73. The summed E-state index contributed by atoms with van der Waals surface area (Å²) < 4.78 is 33.0. The number of ether oxygens (including phenoxy) is 1. The Morgan fingerprint density at radius 1 is 1.10 bits per heavy atom. The van der Waals surface area contributed by atoms with Gasteiger partial charge in [0.1, 0.15) is 5.75 Å². The number of anilines is 1. The number of aromatic nitrogens is 1. The van der Waals surface area contributed by atoms with Crippen molar-refractivity contribution in [2.45, 2.75) is 18.4 Å². The van der Waals surface area contributed by atoms with Gasteiger partial charge in [0.05, 0.1) is 22.2 Å². The van der Waals surface area contributed by atoms with Gasteiger partial charge in [-0.15, -0.1) is 0 Å². The van der Waals surface area contributed by atoms with Gasteiger partial charge >= 0.3 is 0 Å². The Morgan fingerprint density at radius 2 is 1.87 bits per heavy atom. The molecule has 7 nitrogen and oxygen atoms in total. The molecule has 0 spiro atoms. The number of sulfonamides is 1. The van der Waals surface area contributed by atoms with Gasteiger partial charge in [-0.1, -0.05) is 35.4 Å². The summed E-state index contributed by atoms with van der Waals surface area (Å²) >= 11 is 6.16. The quantitative estimate of drug-likeness (QED) is 0.552. The van der Waals surface area contributed by atoms with Crippen LogP contribution >= 0.6 is 11.6 Å². The molecule has 2 N–H and O–H groups in total. The molecule has 30 heavy (non-hydrogen) atoms. The number of pyridine rings is 1. The normalized spacial score (nSPS) is 11.0. The molecule has 1 amide bonds. The van der Waals surface area contributed by atoms with E-state index in [-0.39, 0.29) is 34.7 Å². The third-order valence-corrected chi connectivity index (χ3v) is 5.74. The Kier molecular flexibility index (Phi) is 6.91. The lowest BCUT2D eigenvalue weighted by molar-refractivity contribution is -0.123. The third kappa shape index (κ3) is 5.95. The van der Waals surface area contributed by atoms with Crippen LogP contribution < -0.4 is 14.8 Å². The molecule has 0 saturated carbocycles. The first-order chi connectivity index (χ1) is 14.3. The Morgan fingerprint density at radius 3 is 2.53 bits per heavy atom. The molecule has 0 radical (unpaired) electrons. The molecule has 2 aromatic carbocycles. The first-order valence-electron chi connectivity index (χ1n) is 9.02. The monoisotopic (exact) mass is 445 g/mol. The van der Waals surface area contributed by atoms with Crippen molar-refractivity contribution in [3.8, 4) is 5.75 Å². The van der Waals surface area contributed by atoms with Crippen molar-refractivity contribution < 1.29 is 17.9 Å². The minimum Gasteiger partial charge on any atom is -0.482 e. The molecular weight excluding hydrogens is 426 g/mol. The Balaban J connectivity index is 1.59. The van der Waals surface area contributed by atoms with E-state index in [0.717, 1.165) is 11.3 Å². The van der Waals surface area contributed by atoms with Gasteiger partial charge < -0.3 is 10.1 Å². The summed E-state index contributed by atoms with van der Waals surface area (Å²) in [7, 11) is -3.81. The molecule has 0 fully saturated rings. The fraction of sp³-hybridized carbons (Fsp3) is 0.143. The number of carbonyl (C=O) groups is 1. The highest BCUT2D eigenvalue weighted by atomic mass is 35.5. The van der Waals surface area contributed by atoms with Crippen molar-refractivity contribution >= 4 is 33.2 Å². The maximum Gasteiger partial charge on any atom is 0.261 e. The van der Waals surface area contributed by atoms with Crippen LogP contribution in [-0.2, 0) is 21.4 Å². The number of carbonyl (C=O) groups excluding carboxylic acids is 1. The fourth-order valence-electron chi connectivity index (χ4n) is 2.49. The van der Waals surface area contributed by atoms with Crippen molar-refractivity contribution in [1.82, 2.24) is 10.3 Å². The molecule has 0 aliphatic carbocycles. The number of amides is 1. The van der Waals surface area contributed by atoms with E-state index < -0.39 is 10.0 Å². The molecule has 1 heterocycles. The minimum atomic E-state index is -3.81. The highest BCUT2D eigenvalue weighted by Gasteiger charge is 2.17. The van der Waals surface area contributed by atoms with Crippen LogP contribution in [-0.4, -0.2) is 25.9 Å². The predicted molar refractivity (Wildman–Crippen MR) is 115 cm³/mol. The molecule has 0 atom stereocenters. The maximum absolute atomic E-state index is 12.6. The highest BCUT2D eigenvalue weighted by molar-refractivity contribution is 7.92. The Bertz CT molecular complexity index is 1120. The summed E-state index contributed by atoms with van der Waals surface area (Å²) in [5, 5.41) is 2.76. The molecule has 9 heteroatoms. The summed E-state index contributed by atoms with van der Waals surface area (Å²) in [6, 6.07) is 16.4. The minimum absolute atomic E-state index is 0.0139. The smallest absolute Gasteiger partial charge is 0.261 e. The summed E-state index contributed by atoms with van der Waals surface area (Å²) in [6.07, 6.45) is 1.64. The van der Waals surface area contributed by atoms with Gasteiger partial charge in [-0.3, -0.25) is 14.5 Å². The van der Waals surface area contributed by atoms with Crippen LogP contribution in [0.25, 0.3) is 0 Å². The molecule has 0 unspecified atom stereocenters. The Labute approximate surface area is 180 Å². The van der Waals surface area contributed by atoms with Crippen molar-refractivity contribution in [1.29, 1.82) is 0 Å². The van der Waals surface area contributed by atoms with Crippen LogP contribution in [0.15, 0.2) is 71.8 Å². The van der Waals surface area contributed by atoms with Gasteiger partial charge in [-0.25, -0.2) is 8.42 Å². The van der Waals surface area contributed by atoms with Crippen LogP contribution in [0, 0.1) is 6.92 Å². The van der Waals surface area contributed by atoms with Gasteiger partial charge in [0.2, 0.25) is 0 Å². The number of hydrogen-bond acceptors (Lipinski definition) is 5. The van der Waals surface area contributed by atoms with Gasteiger partial charge in [0, 0.05) is 11.9 Å². The van der Waals surface area contributed by atoms with Crippen molar-refractivity contribution in [3.63, 3.8) is 0 Å². The first-order valence-corrected chi connectivity index (χ1v) is 10.9. The number of aryl methyl sites for hydroxylation is 1. The number of nitrogens with one attached hydrogen (secondary N) is 2. The van der Waals surface area contributed by atoms with Crippen molar-refractivity contribution in [2.75, 3.05) is 11.3 Å². The molecule has 0 aliphatic heterocycles. The molecule has 0 bridgehead atoms. The van der Waals surface area contributed by atoms with E-state index in [0.29, 0.717) is 5.69 Å². The second-order valence-electron chi connectivity index (χ2n) is 6.45. The average molecular weight is 446 g/mol. The lowest BCUT2D eigenvalue weighted by Gasteiger charge is -2.11. The van der Waals surface area contributed by atoms with Gasteiger partial charge in [-0.05, 0) is 49.4 Å². The number of halogens is 1. The van der Waals surface area contributed by atoms with Gasteiger partial charge in [0.25, 0.3) is 15.9 Å². The number of nitrogens with zero attached hydrogens (tertiary/aromatic N) is 1. The van der Waals surface area contributed by atoms with E-state index in [1.807, 2.05) is 13.0 Å². The molecule has 0 saturated heterocycles. The molecule has 156 valence electrons. The summed E-state index contributed by atoms with van der Waals surface area (Å²) in [5.41, 5.74) is 2.19. The molecule has 3 aromatic rings. The zero-order chi connectivity index (χ0) is 21.6. The lowest BCUT2D eigenvalue weighted by atomic mass is 10.2. The molecular formula is C21H20ClN3O4S. The van der Waals surface area contributed by atoms with Crippen LogP contribution in [0.1, 0.15) is 11.3 Å². The topological polar surface area (TPSA) is 97.4 Å². The van der Waals surface area contributed by atoms with Crippen LogP contribution in [0.5, 0.6) is 5.75 Å². The molecule has 0 aliphatic rings. The second kappa shape index (κ2) is 9.60. The number of rotatable bonds is 8. The maximum atomic E-state index is 12.6. The van der Waals surface area contributed by atoms with Gasteiger partial charge in [0.15, 0.2) is 6.61 Å². The second-order valence-corrected chi connectivity index (χ2v) is 8.54. The summed E-state index contributed by atoms with van der Waals surface area (Å²) in [6.45, 7) is 1.93. The van der Waals surface area contributed by atoms with E-state index in [1.165, 1.54) is 18.2 Å². The van der Waals surface area contributed by atoms with Crippen LogP contribution in [0.4, 0.5) is 5.69 Å². The largest absolute Gasteiger partial charge is 0.482 e. The lowest BCUT2D eigenvalue weighted by Crippen LogP contribution is -2.28. The van der Waals surface area contributed by atoms with E-state index in [2.05, 4.69) is 15.0 Å². The highest BCUT2D eigenvalue weighted by Crippen LogP contribution is 2.28. The zero-order valence-corrected chi connectivity index (χ0v) is 17.7. The molecule has 3 rings (SSSR count). The van der Waals surface area contributed by atoms with E-state index in [9.17, 15) is 13.2 Å². The van der Waals surface area contributed by atoms with Crippen LogP contribution in [0.3, 0.4) is 0 Å². The number of benzene rings is 2. The first kappa shape index (κ1) is 21.6. The Hall–Kier alpha value is -3.10. The SMILES string of the molecule is Cc1ccc(NS(=O)(=O)c2ccc(OCC(=O)NCc3ccccn3)c(Cl)c2)cc1. The standard InChI is InChI=1S/C21H20ClN3O4S/c1-15-5-7-16(8-6-15)25-30(27,28)18-9-10-20(19(22)12-18)29-14-21(26)24-13-17-4-2-3-11-23-17/h2-12,25H,13-14H2,1H3,(H,24,26). The van der Waals surface area contributed by atoms with E-state index >= 15 is 0 Å². The number of hydrogen-bond donors (Lipinski definition) is 2. The predicted octanol–water partition coefficient (Wildman–Crippen LogP) is 3.54. The van der Waals surface area contributed by atoms with E-state index in [4.69, 9.17) is 16.3 Å². The summed E-state index contributed by atoms with van der Waals surface area (Å²) in [5.74, 6) is -0.145. The fourth-order valence-corrected chi connectivity index (χ4v) is 3.87. The van der Waals surface area contributed by atoms with Crippen molar-refractivity contribution in [3.05, 3.63) is 83.1 Å².